The van der Waals surface area contributed by atoms with Gasteiger partial charge in [-0.05, 0) is 48.5 Å². The van der Waals surface area contributed by atoms with Gasteiger partial charge in [-0.15, -0.1) is 0 Å². The van der Waals surface area contributed by atoms with Crippen molar-refractivity contribution in [1.29, 1.82) is 0 Å². The molecule has 1 N–H and O–H groups in total. The molecule has 0 spiro atoms. The van der Waals surface area contributed by atoms with Crippen molar-refractivity contribution in [3.8, 4) is 17.2 Å². The fraction of sp³-hybridized carbons (Fsp3) is 0.188. The van der Waals surface area contributed by atoms with E-state index >= 15 is 0 Å². The van der Waals surface area contributed by atoms with Crippen LogP contribution in [-0.2, 0) is 4.79 Å². The van der Waals surface area contributed by atoms with Crippen molar-refractivity contribution in [1.82, 2.24) is 0 Å². The van der Waals surface area contributed by atoms with Gasteiger partial charge in [0.15, 0.2) is 0 Å². The van der Waals surface area contributed by atoms with Crippen LogP contribution in [0.1, 0.15) is 0 Å². The van der Waals surface area contributed by atoms with E-state index in [-0.39, 0.29) is 12.5 Å². The standard InChI is InChI=1S/C16H17NO4/c1-19-13-5-3-12(4-6-13)17-11-16(18)21-15-9-7-14(20-2)8-10-15/h3-10,17H,11H2,1-2H3. The number of carbonyl (C=O) groups is 1. The van der Waals surface area contributed by atoms with Crippen LogP contribution in [0, 0.1) is 0 Å². The summed E-state index contributed by atoms with van der Waals surface area (Å²) in [7, 11) is 3.19. The average molecular weight is 287 g/mol. The van der Waals surface area contributed by atoms with Crippen molar-refractivity contribution in [2.45, 2.75) is 0 Å². The second kappa shape index (κ2) is 7.19. The highest BCUT2D eigenvalue weighted by molar-refractivity contribution is 5.77. The van der Waals surface area contributed by atoms with E-state index in [2.05, 4.69) is 5.32 Å². The van der Waals surface area contributed by atoms with E-state index < -0.39 is 0 Å². The van der Waals surface area contributed by atoms with Crippen LogP contribution in [0.25, 0.3) is 0 Å². The maximum atomic E-state index is 11.7. The highest BCUT2D eigenvalue weighted by Gasteiger charge is 2.05. The summed E-state index contributed by atoms with van der Waals surface area (Å²) in [5.74, 6) is 1.60. The van der Waals surface area contributed by atoms with Gasteiger partial charge < -0.3 is 19.5 Å². The Morgan fingerprint density at radius 1 is 0.857 bits per heavy atom. The van der Waals surface area contributed by atoms with E-state index in [0.717, 1.165) is 11.4 Å². The first-order valence-corrected chi connectivity index (χ1v) is 6.44. The molecule has 21 heavy (non-hydrogen) atoms. The number of carbonyl (C=O) groups excluding carboxylic acids is 1. The number of anilines is 1. The van der Waals surface area contributed by atoms with E-state index in [1.165, 1.54) is 0 Å². The van der Waals surface area contributed by atoms with Crippen LogP contribution < -0.4 is 19.5 Å². The van der Waals surface area contributed by atoms with E-state index in [0.29, 0.717) is 11.5 Å². The lowest BCUT2D eigenvalue weighted by Gasteiger charge is -2.08. The van der Waals surface area contributed by atoms with Crippen molar-refractivity contribution in [2.75, 3.05) is 26.1 Å². The first kappa shape index (κ1) is 14.7. The van der Waals surface area contributed by atoms with E-state index in [1.54, 1.807) is 38.5 Å². The number of rotatable bonds is 6. The summed E-state index contributed by atoms with van der Waals surface area (Å²) in [6.45, 7) is 0.0817. The van der Waals surface area contributed by atoms with Gasteiger partial charge in [-0.2, -0.15) is 0 Å². The van der Waals surface area contributed by atoms with Gasteiger partial charge in [0.05, 0.1) is 14.2 Å². The van der Waals surface area contributed by atoms with Gasteiger partial charge in [-0.1, -0.05) is 0 Å². The zero-order chi connectivity index (χ0) is 15.1. The molecule has 0 saturated heterocycles. The van der Waals surface area contributed by atoms with Crippen molar-refractivity contribution in [2.24, 2.45) is 0 Å². The van der Waals surface area contributed by atoms with E-state index in [4.69, 9.17) is 14.2 Å². The Bertz CT molecular complexity index is 578. The third-order valence-corrected chi connectivity index (χ3v) is 2.82. The second-order valence-electron chi connectivity index (χ2n) is 4.23. The SMILES string of the molecule is COc1ccc(NCC(=O)Oc2ccc(OC)cc2)cc1. The molecule has 0 radical (unpaired) electrons. The predicted octanol–water partition coefficient (Wildman–Crippen LogP) is 2.72. The topological polar surface area (TPSA) is 56.8 Å². The van der Waals surface area contributed by atoms with Crippen LogP contribution in [0.5, 0.6) is 17.2 Å². The lowest BCUT2D eigenvalue weighted by molar-refractivity contribution is -0.132. The zero-order valence-electron chi connectivity index (χ0n) is 12.0. The summed E-state index contributed by atoms with van der Waals surface area (Å²) >= 11 is 0. The second-order valence-corrected chi connectivity index (χ2v) is 4.23. The molecule has 110 valence electrons. The van der Waals surface area contributed by atoms with E-state index in [9.17, 15) is 4.79 Å². The number of nitrogens with one attached hydrogen (secondary N) is 1. The Morgan fingerprint density at radius 2 is 1.33 bits per heavy atom. The first-order chi connectivity index (χ1) is 10.2. The molecule has 0 aliphatic carbocycles. The molecule has 0 amide bonds. The van der Waals surface area contributed by atoms with Crippen LogP contribution in [0.2, 0.25) is 0 Å². The number of hydrogen-bond donors (Lipinski definition) is 1. The van der Waals surface area contributed by atoms with Crippen molar-refractivity contribution >= 4 is 11.7 Å². The molecule has 0 aliphatic rings. The van der Waals surface area contributed by atoms with E-state index in [1.807, 2.05) is 24.3 Å². The molecule has 0 saturated carbocycles. The first-order valence-electron chi connectivity index (χ1n) is 6.44. The number of benzene rings is 2. The van der Waals surface area contributed by atoms with Crippen molar-refractivity contribution < 1.29 is 19.0 Å². The lowest BCUT2D eigenvalue weighted by Crippen LogP contribution is -2.19. The summed E-state index contributed by atoms with van der Waals surface area (Å²) in [5, 5.41) is 2.98. The Morgan fingerprint density at radius 3 is 1.86 bits per heavy atom. The highest BCUT2D eigenvalue weighted by atomic mass is 16.5. The maximum Gasteiger partial charge on any atom is 0.330 e. The summed E-state index contributed by atoms with van der Waals surface area (Å²) < 4.78 is 15.3. The summed E-state index contributed by atoms with van der Waals surface area (Å²) in [4.78, 5) is 11.7. The number of esters is 1. The third kappa shape index (κ3) is 4.42. The Kier molecular flexibility index (Phi) is 5.04. The van der Waals surface area contributed by atoms with Gasteiger partial charge in [0, 0.05) is 5.69 Å². The summed E-state index contributed by atoms with van der Waals surface area (Å²) in [5.41, 5.74) is 0.822. The fourth-order valence-corrected chi connectivity index (χ4v) is 1.69. The molecule has 2 aromatic carbocycles. The number of methoxy groups -OCH3 is 2. The summed E-state index contributed by atoms with van der Waals surface area (Å²) in [6.07, 6.45) is 0. The zero-order valence-corrected chi connectivity index (χ0v) is 12.0. The van der Waals surface area contributed by atoms with Gasteiger partial charge in [0.25, 0.3) is 0 Å². The number of ether oxygens (including phenoxy) is 3. The number of hydrogen-bond acceptors (Lipinski definition) is 5. The van der Waals surface area contributed by atoms with Crippen LogP contribution in [0.4, 0.5) is 5.69 Å². The van der Waals surface area contributed by atoms with Gasteiger partial charge in [-0.3, -0.25) is 0 Å². The Hall–Kier alpha value is -2.69. The van der Waals surface area contributed by atoms with Crippen LogP contribution in [0.15, 0.2) is 48.5 Å². The van der Waals surface area contributed by atoms with Crippen LogP contribution >= 0.6 is 0 Å². The lowest BCUT2D eigenvalue weighted by atomic mass is 10.3. The Labute approximate surface area is 123 Å². The average Bonchev–Trinajstić information content (AvgIpc) is 2.54. The van der Waals surface area contributed by atoms with Crippen molar-refractivity contribution in [3.05, 3.63) is 48.5 Å². The highest BCUT2D eigenvalue weighted by Crippen LogP contribution is 2.17. The Balaban J connectivity index is 1.83. The van der Waals surface area contributed by atoms with Gasteiger partial charge in [0.2, 0.25) is 0 Å². The quantitative estimate of drug-likeness (QED) is 0.654. The molecule has 2 aromatic rings. The fourth-order valence-electron chi connectivity index (χ4n) is 1.69. The largest absolute Gasteiger partial charge is 0.497 e. The molecule has 0 heterocycles. The van der Waals surface area contributed by atoms with Gasteiger partial charge in [0.1, 0.15) is 23.8 Å². The molecule has 5 nitrogen and oxygen atoms in total. The minimum Gasteiger partial charge on any atom is -0.497 e. The summed E-state index contributed by atoms with van der Waals surface area (Å²) in [6, 6.07) is 14.1. The minimum atomic E-state index is -0.365. The molecule has 0 atom stereocenters. The smallest absolute Gasteiger partial charge is 0.330 e. The molecule has 5 heteroatoms. The molecule has 2 rings (SSSR count). The molecular formula is C16H17NO4. The van der Waals surface area contributed by atoms with Gasteiger partial charge >= 0.3 is 5.97 Å². The molecule has 0 fully saturated rings. The van der Waals surface area contributed by atoms with Crippen LogP contribution in [0.3, 0.4) is 0 Å². The van der Waals surface area contributed by atoms with Gasteiger partial charge in [-0.25, -0.2) is 4.79 Å². The molecule has 0 aromatic heterocycles. The molecule has 0 aliphatic heterocycles. The van der Waals surface area contributed by atoms with Crippen molar-refractivity contribution in [3.63, 3.8) is 0 Å². The normalized spacial score (nSPS) is 9.81. The molecular weight excluding hydrogens is 270 g/mol. The third-order valence-electron chi connectivity index (χ3n) is 2.82. The minimum absolute atomic E-state index is 0.0817. The predicted molar refractivity (Wildman–Crippen MR) is 80.1 cm³/mol. The molecule has 0 bridgehead atoms. The monoisotopic (exact) mass is 287 g/mol. The maximum absolute atomic E-state index is 11.7. The van der Waals surface area contributed by atoms with Crippen LogP contribution in [-0.4, -0.2) is 26.7 Å². The molecule has 0 unspecified atom stereocenters.